The Morgan fingerprint density at radius 2 is 1.75 bits per heavy atom. The Morgan fingerprint density at radius 3 is 2.54 bits per heavy atom. The fraction of sp³-hybridized carbons (Fsp3) is 0.136. The van der Waals surface area contributed by atoms with Gasteiger partial charge in [-0.15, -0.1) is 0 Å². The van der Waals surface area contributed by atoms with E-state index in [4.69, 9.17) is 14.7 Å². The third kappa shape index (κ3) is 4.65. The monoisotopic (exact) mass is 374 g/mol. The van der Waals surface area contributed by atoms with Gasteiger partial charge in [0.2, 0.25) is 0 Å². The van der Waals surface area contributed by atoms with Crippen molar-refractivity contribution in [2.24, 2.45) is 0 Å². The van der Waals surface area contributed by atoms with E-state index in [1.807, 2.05) is 42.5 Å². The van der Waals surface area contributed by atoms with Crippen LogP contribution in [0.2, 0.25) is 0 Å². The molecule has 0 heterocycles. The van der Waals surface area contributed by atoms with E-state index >= 15 is 0 Å². The number of nitriles is 1. The van der Waals surface area contributed by atoms with Gasteiger partial charge >= 0.3 is 5.97 Å². The topological polar surface area (TPSA) is 88.4 Å². The number of anilines is 1. The van der Waals surface area contributed by atoms with Gasteiger partial charge in [0.15, 0.2) is 12.7 Å². The molecule has 0 spiro atoms. The number of hydrogen-bond donors (Lipinski definition) is 1. The summed E-state index contributed by atoms with van der Waals surface area (Å²) in [7, 11) is 0. The Kier molecular flexibility index (Phi) is 5.87. The van der Waals surface area contributed by atoms with Crippen molar-refractivity contribution in [3.05, 3.63) is 72.3 Å². The van der Waals surface area contributed by atoms with Crippen LogP contribution in [0, 0.1) is 11.3 Å². The first-order valence-corrected chi connectivity index (χ1v) is 8.68. The van der Waals surface area contributed by atoms with Crippen LogP contribution in [-0.4, -0.2) is 24.6 Å². The molecule has 3 aromatic rings. The Bertz CT molecular complexity index is 1060. The van der Waals surface area contributed by atoms with Gasteiger partial charge in [-0.3, -0.25) is 4.79 Å². The minimum atomic E-state index is -0.992. The Labute approximate surface area is 162 Å². The number of carbonyl (C=O) groups excluding carboxylic acids is 2. The lowest BCUT2D eigenvalue weighted by Crippen LogP contribution is -2.31. The lowest BCUT2D eigenvalue weighted by atomic mass is 10.1. The molecule has 0 fully saturated rings. The summed E-state index contributed by atoms with van der Waals surface area (Å²) in [5, 5.41) is 13.8. The summed E-state index contributed by atoms with van der Waals surface area (Å²) < 4.78 is 10.4. The lowest BCUT2D eigenvalue weighted by molar-refractivity contribution is -0.155. The van der Waals surface area contributed by atoms with Crippen molar-refractivity contribution < 1.29 is 19.1 Å². The number of nitrogens with one attached hydrogen (secondary N) is 1. The molecule has 0 saturated heterocycles. The Morgan fingerprint density at radius 1 is 1.04 bits per heavy atom. The molecule has 1 N–H and O–H groups in total. The van der Waals surface area contributed by atoms with Crippen molar-refractivity contribution >= 4 is 28.3 Å². The third-order valence-corrected chi connectivity index (χ3v) is 4.05. The van der Waals surface area contributed by atoms with Crippen LogP contribution < -0.4 is 10.1 Å². The number of fused-ring (bicyclic) bond motifs is 1. The number of rotatable bonds is 6. The summed E-state index contributed by atoms with van der Waals surface area (Å²) in [5.74, 6) is -0.856. The Hall–Kier alpha value is -3.85. The average molecular weight is 374 g/mol. The van der Waals surface area contributed by atoms with Crippen molar-refractivity contribution in [2.75, 3.05) is 11.9 Å². The maximum atomic E-state index is 12.3. The summed E-state index contributed by atoms with van der Waals surface area (Å²) >= 11 is 0. The minimum Gasteiger partial charge on any atom is -0.481 e. The molecule has 0 radical (unpaired) electrons. The van der Waals surface area contributed by atoms with E-state index in [0.717, 1.165) is 10.8 Å². The lowest BCUT2D eigenvalue weighted by Gasteiger charge is -2.14. The fourth-order valence-electron chi connectivity index (χ4n) is 2.62. The summed E-state index contributed by atoms with van der Waals surface area (Å²) in [6.07, 6.45) is -0.992. The first-order chi connectivity index (χ1) is 13.6. The van der Waals surface area contributed by atoms with Crippen LogP contribution in [0.5, 0.6) is 5.75 Å². The smallest absolute Gasteiger partial charge is 0.344 e. The number of esters is 1. The molecule has 3 aromatic carbocycles. The first-order valence-electron chi connectivity index (χ1n) is 8.68. The molecule has 0 aliphatic rings. The van der Waals surface area contributed by atoms with Crippen molar-refractivity contribution in [2.45, 2.75) is 13.0 Å². The number of hydrogen-bond acceptors (Lipinski definition) is 5. The molecule has 3 rings (SSSR count). The van der Waals surface area contributed by atoms with Crippen LogP contribution in [0.4, 0.5) is 5.69 Å². The van der Waals surface area contributed by atoms with Crippen LogP contribution in [0.15, 0.2) is 66.7 Å². The highest BCUT2D eigenvalue weighted by Crippen LogP contribution is 2.19. The van der Waals surface area contributed by atoms with Gasteiger partial charge in [0.1, 0.15) is 11.8 Å². The van der Waals surface area contributed by atoms with Crippen molar-refractivity contribution in [1.29, 1.82) is 5.26 Å². The molecule has 0 saturated carbocycles. The van der Waals surface area contributed by atoms with Gasteiger partial charge in [-0.2, -0.15) is 5.26 Å². The summed E-state index contributed by atoms with van der Waals surface area (Å²) in [6.45, 7) is 1.09. The molecular weight excluding hydrogens is 356 g/mol. The highest BCUT2D eigenvalue weighted by atomic mass is 16.6. The third-order valence-electron chi connectivity index (χ3n) is 4.05. The second-order valence-electron chi connectivity index (χ2n) is 6.08. The zero-order chi connectivity index (χ0) is 19.9. The van der Waals surface area contributed by atoms with Gasteiger partial charge in [0.05, 0.1) is 5.56 Å². The SMILES string of the molecule is C[C@H](OC(=O)COc1ccccc1C#N)C(=O)Nc1ccc2ccccc2c1. The van der Waals surface area contributed by atoms with E-state index in [9.17, 15) is 9.59 Å². The molecule has 0 aliphatic heterocycles. The largest absolute Gasteiger partial charge is 0.481 e. The van der Waals surface area contributed by atoms with Crippen LogP contribution in [0.1, 0.15) is 12.5 Å². The maximum absolute atomic E-state index is 12.3. The highest BCUT2D eigenvalue weighted by molar-refractivity contribution is 5.97. The number of nitrogens with zero attached hydrogens (tertiary/aromatic N) is 1. The predicted octanol–water partition coefficient (Wildman–Crippen LogP) is 3.66. The van der Waals surface area contributed by atoms with E-state index < -0.39 is 24.6 Å². The standard InChI is InChI=1S/C22H18N2O4/c1-15(28-21(25)14-27-20-9-5-4-8-18(20)13-23)22(26)24-19-11-10-16-6-2-3-7-17(16)12-19/h2-12,15H,14H2,1H3,(H,24,26)/t15-/m0/s1. The highest BCUT2D eigenvalue weighted by Gasteiger charge is 2.18. The minimum absolute atomic E-state index is 0.287. The van der Waals surface area contributed by atoms with E-state index in [1.165, 1.54) is 6.92 Å². The normalized spacial score (nSPS) is 11.3. The summed E-state index contributed by atoms with van der Waals surface area (Å²) in [6, 6.07) is 21.9. The second kappa shape index (κ2) is 8.69. The molecule has 1 atom stereocenters. The van der Waals surface area contributed by atoms with Crippen molar-refractivity contribution in [3.63, 3.8) is 0 Å². The van der Waals surface area contributed by atoms with Crippen molar-refractivity contribution in [1.82, 2.24) is 0 Å². The van der Waals surface area contributed by atoms with E-state index in [-0.39, 0.29) is 5.75 Å². The van der Waals surface area contributed by atoms with Gasteiger partial charge in [0.25, 0.3) is 5.91 Å². The molecule has 28 heavy (non-hydrogen) atoms. The number of carbonyl (C=O) groups is 2. The van der Waals surface area contributed by atoms with Gasteiger partial charge in [0, 0.05) is 5.69 Å². The predicted molar refractivity (Wildman–Crippen MR) is 105 cm³/mol. The van der Waals surface area contributed by atoms with E-state index in [0.29, 0.717) is 11.3 Å². The number of benzene rings is 3. The average Bonchev–Trinajstić information content (AvgIpc) is 2.72. The summed E-state index contributed by atoms with van der Waals surface area (Å²) in [4.78, 5) is 24.2. The molecule has 1 amide bonds. The zero-order valence-electron chi connectivity index (χ0n) is 15.2. The molecule has 0 aliphatic carbocycles. The maximum Gasteiger partial charge on any atom is 0.344 e. The molecule has 0 bridgehead atoms. The van der Waals surface area contributed by atoms with Crippen LogP contribution in [-0.2, 0) is 14.3 Å². The fourth-order valence-corrected chi connectivity index (χ4v) is 2.62. The van der Waals surface area contributed by atoms with Gasteiger partial charge in [-0.1, -0.05) is 42.5 Å². The number of amides is 1. The summed E-state index contributed by atoms with van der Waals surface area (Å²) in [5.41, 5.74) is 0.934. The molecule has 0 aromatic heterocycles. The number of para-hydroxylation sites is 1. The molecule has 0 unspecified atom stereocenters. The van der Waals surface area contributed by atoms with Gasteiger partial charge in [-0.25, -0.2) is 4.79 Å². The van der Waals surface area contributed by atoms with E-state index in [2.05, 4.69) is 5.32 Å². The zero-order valence-corrected chi connectivity index (χ0v) is 15.2. The quantitative estimate of drug-likeness (QED) is 0.665. The van der Waals surface area contributed by atoms with Crippen molar-refractivity contribution in [3.8, 4) is 11.8 Å². The van der Waals surface area contributed by atoms with Crippen LogP contribution in [0.3, 0.4) is 0 Å². The second-order valence-corrected chi connectivity index (χ2v) is 6.08. The molecular formula is C22H18N2O4. The first kappa shape index (κ1) is 18.9. The molecule has 6 heteroatoms. The van der Waals surface area contributed by atoms with Crippen LogP contribution >= 0.6 is 0 Å². The number of ether oxygens (including phenoxy) is 2. The van der Waals surface area contributed by atoms with Crippen LogP contribution in [0.25, 0.3) is 10.8 Å². The van der Waals surface area contributed by atoms with Gasteiger partial charge < -0.3 is 14.8 Å². The molecule has 6 nitrogen and oxygen atoms in total. The molecule has 140 valence electrons. The van der Waals surface area contributed by atoms with E-state index in [1.54, 1.807) is 30.3 Å². The van der Waals surface area contributed by atoms with Gasteiger partial charge in [-0.05, 0) is 42.0 Å². The Balaban J connectivity index is 1.54.